The summed E-state index contributed by atoms with van der Waals surface area (Å²) in [6.07, 6.45) is 1.55. The molecule has 0 radical (unpaired) electrons. The summed E-state index contributed by atoms with van der Waals surface area (Å²) in [6.45, 7) is 0. The van der Waals surface area contributed by atoms with Crippen molar-refractivity contribution in [1.29, 1.82) is 0 Å². The predicted octanol–water partition coefficient (Wildman–Crippen LogP) is 5.71. The number of furan rings is 1. The first-order valence-electron chi connectivity index (χ1n) is 7.73. The molecule has 0 atom stereocenters. The third-order valence-electron chi connectivity index (χ3n) is 3.76. The van der Waals surface area contributed by atoms with Crippen LogP contribution in [0.4, 0.5) is 0 Å². The number of hydrogen-bond acceptors (Lipinski definition) is 4. The lowest BCUT2D eigenvalue weighted by atomic mass is 10.2. The van der Waals surface area contributed by atoms with Crippen LogP contribution >= 0.6 is 27.5 Å². The van der Waals surface area contributed by atoms with E-state index in [0.29, 0.717) is 16.5 Å². The molecule has 1 aromatic heterocycles. The standard InChI is InChI=1S/C20H11BrClNO3/c21-13-7-5-12(6-8-13)19-23-17(20(24)26-19)11-14-9-10-18(25-14)15-3-1-2-4-16(15)22/h1-11H/b17-11-. The van der Waals surface area contributed by atoms with Crippen molar-refractivity contribution < 1.29 is 13.9 Å². The topological polar surface area (TPSA) is 51.8 Å². The molecule has 0 N–H and O–H groups in total. The second-order valence-corrected chi connectivity index (χ2v) is 6.85. The molecule has 1 aliphatic heterocycles. The van der Waals surface area contributed by atoms with Crippen molar-refractivity contribution in [2.75, 3.05) is 0 Å². The Hall–Kier alpha value is -2.63. The Kier molecular flexibility index (Phi) is 4.49. The van der Waals surface area contributed by atoms with Gasteiger partial charge in [0, 0.05) is 21.7 Å². The lowest BCUT2D eigenvalue weighted by Crippen LogP contribution is -2.05. The number of nitrogens with zero attached hydrogens (tertiary/aromatic N) is 1. The van der Waals surface area contributed by atoms with E-state index in [-0.39, 0.29) is 11.6 Å². The van der Waals surface area contributed by atoms with Gasteiger partial charge in [-0.05, 0) is 48.5 Å². The maximum atomic E-state index is 12.1. The van der Waals surface area contributed by atoms with Crippen LogP contribution in [0.3, 0.4) is 0 Å². The Labute approximate surface area is 162 Å². The highest BCUT2D eigenvalue weighted by Crippen LogP contribution is 2.30. The Bertz CT molecular complexity index is 1050. The number of ether oxygens (including phenoxy) is 1. The van der Waals surface area contributed by atoms with Gasteiger partial charge >= 0.3 is 5.97 Å². The molecule has 3 aromatic rings. The number of carbonyl (C=O) groups is 1. The molecular weight excluding hydrogens is 418 g/mol. The van der Waals surface area contributed by atoms with E-state index in [2.05, 4.69) is 20.9 Å². The molecule has 4 nitrogen and oxygen atoms in total. The number of esters is 1. The van der Waals surface area contributed by atoms with E-state index in [0.717, 1.165) is 15.6 Å². The van der Waals surface area contributed by atoms with E-state index in [1.807, 2.05) is 42.5 Å². The molecule has 0 bridgehead atoms. The van der Waals surface area contributed by atoms with E-state index in [4.69, 9.17) is 20.8 Å². The molecule has 1 aliphatic rings. The van der Waals surface area contributed by atoms with Crippen molar-refractivity contribution in [2.24, 2.45) is 4.99 Å². The number of benzene rings is 2. The molecule has 26 heavy (non-hydrogen) atoms. The van der Waals surface area contributed by atoms with Gasteiger partial charge in [0.2, 0.25) is 5.90 Å². The minimum atomic E-state index is -0.515. The predicted molar refractivity (Wildman–Crippen MR) is 104 cm³/mol. The van der Waals surface area contributed by atoms with Crippen molar-refractivity contribution in [3.63, 3.8) is 0 Å². The fourth-order valence-corrected chi connectivity index (χ4v) is 2.99. The van der Waals surface area contributed by atoms with Crippen LogP contribution in [0.2, 0.25) is 5.02 Å². The van der Waals surface area contributed by atoms with Crippen molar-refractivity contribution >= 4 is 45.5 Å². The van der Waals surface area contributed by atoms with E-state index in [1.54, 1.807) is 24.3 Å². The number of aliphatic imine (C=N–C) groups is 1. The lowest BCUT2D eigenvalue weighted by molar-refractivity contribution is -0.129. The van der Waals surface area contributed by atoms with Crippen LogP contribution in [0.25, 0.3) is 17.4 Å². The van der Waals surface area contributed by atoms with Crippen LogP contribution < -0.4 is 0 Å². The van der Waals surface area contributed by atoms with Gasteiger partial charge in [0.1, 0.15) is 11.5 Å². The molecule has 128 valence electrons. The molecule has 0 amide bonds. The van der Waals surface area contributed by atoms with Crippen LogP contribution in [0.5, 0.6) is 0 Å². The summed E-state index contributed by atoms with van der Waals surface area (Å²) in [5.74, 6) is 0.865. The lowest BCUT2D eigenvalue weighted by Gasteiger charge is -1.99. The number of halogens is 2. The molecule has 4 rings (SSSR count). The summed E-state index contributed by atoms with van der Waals surface area (Å²) in [5.41, 5.74) is 1.69. The Balaban J connectivity index is 1.63. The van der Waals surface area contributed by atoms with Crippen molar-refractivity contribution in [3.05, 3.63) is 87.2 Å². The Morgan fingerprint density at radius 2 is 1.77 bits per heavy atom. The number of rotatable bonds is 3. The van der Waals surface area contributed by atoms with E-state index in [9.17, 15) is 4.79 Å². The first-order chi connectivity index (χ1) is 12.6. The van der Waals surface area contributed by atoms with Gasteiger partial charge in [-0.1, -0.05) is 39.7 Å². The highest BCUT2D eigenvalue weighted by atomic mass is 79.9. The van der Waals surface area contributed by atoms with Gasteiger partial charge in [0.05, 0.1) is 5.02 Å². The average molecular weight is 429 g/mol. The SMILES string of the molecule is O=C1OC(c2ccc(Br)cc2)=N/C1=C\c1ccc(-c2ccccc2Cl)o1. The molecule has 0 unspecified atom stereocenters. The van der Waals surface area contributed by atoms with Gasteiger partial charge in [0.25, 0.3) is 0 Å². The minimum Gasteiger partial charge on any atom is -0.457 e. The molecule has 6 heteroatoms. The van der Waals surface area contributed by atoms with Gasteiger partial charge in [-0.15, -0.1) is 0 Å². The summed E-state index contributed by atoms with van der Waals surface area (Å²) in [6, 6.07) is 18.3. The van der Waals surface area contributed by atoms with Crippen LogP contribution in [0.1, 0.15) is 11.3 Å². The summed E-state index contributed by atoms with van der Waals surface area (Å²) in [7, 11) is 0. The van der Waals surface area contributed by atoms with Gasteiger partial charge in [0.15, 0.2) is 5.70 Å². The van der Waals surface area contributed by atoms with Crippen LogP contribution in [0, 0.1) is 0 Å². The molecule has 0 saturated carbocycles. The zero-order chi connectivity index (χ0) is 18.1. The van der Waals surface area contributed by atoms with E-state index < -0.39 is 5.97 Å². The monoisotopic (exact) mass is 427 g/mol. The Morgan fingerprint density at radius 1 is 1.00 bits per heavy atom. The third-order valence-corrected chi connectivity index (χ3v) is 4.62. The Morgan fingerprint density at radius 3 is 2.54 bits per heavy atom. The summed E-state index contributed by atoms with van der Waals surface area (Å²) < 4.78 is 12.0. The zero-order valence-corrected chi connectivity index (χ0v) is 15.6. The average Bonchev–Trinajstić information content (AvgIpc) is 3.24. The fourth-order valence-electron chi connectivity index (χ4n) is 2.50. The quantitative estimate of drug-likeness (QED) is 0.397. The number of hydrogen-bond donors (Lipinski definition) is 0. The van der Waals surface area contributed by atoms with Crippen LogP contribution in [-0.2, 0) is 9.53 Å². The zero-order valence-electron chi connectivity index (χ0n) is 13.3. The third kappa shape index (κ3) is 3.36. The van der Waals surface area contributed by atoms with Crippen LogP contribution in [-0.4, -0.2) is 11.9 Å². The van der Waals surface area contributed by atoms with Gasteiger partial charge in [-0.2, -0.15) is 0 Å². The molecule has 0 saturated heterocycles. The fraction of sp³-hybridized carbons (Fsp3) is 0. The second-order valence-electron chi connectivity index (χ2n) is 5.52. The minimum absolute atomic E-state index is 0.183. The number of carbonyl (C=O) groups excluding carboxylic acids is 1. The van der Waals surface area contributed by atoms with Gasteiger partial charge in [-0.25, -0.2) is 9.79 Å². The largest absolute Gasteiger partial charge is 0.457 e. The molecule has 2 aromatic carbocycles. The molecular formula is C20H11BrClNO3. The van der Waals surface area contributed by atoms with Crippen molar-refractivity contribution in [2.45, 2.75) is 0 Å². The smallest absolute Gasteiger partial charge is 0.363 e. The van der Waals surface area contributed by atoms with Gasteiger partial charge < -0.3 is 9.15 Å². The normalized spacial score (nSPS) is 15.2. The summed E-state index contributed by atoms with van der Waals surface area (Å²) >= 11 is 9.55. The van der Waals surface area contributed by atoms with Gasteiger partial charge in [-0.3, -0.25) is 0 Å². The van der Waals surface area contributed by atoms with E-state index in [1.165, 1.54) is 0 Å². The van der Waals surface area contributed by atoms with Crippen molar-refractivity contribution in [3.8, 4) is 11.3 Å². The highest BCUT2D eigenvalue weighted by molar-refractivity contribution is 9.10. The maximum Gasteiger partial charge on any atom is 0.363 e. The molecule has 0 aliphatic carbocycles. The highest BCUT2D eigenvalue weighted by Gasteiger charge is 2.24. The summed E-state index contributed by atoms with van der Waals surface area (Å²) in [4.78, 5) is 16.4. The maximum absolute atomic E-state index is 12.1. The van der Waals surface area contributed by atoms with Crippen LogP contribution in [0.15, 0.2) is 80.2 Å². The number of cyclic esters (lactones) is 1. The molecule has 0 spiro atoms. The summed E-state index contributed by atoms with van der Waals surface area (Å²) in [5, 5.41) is 0.594. The van der Waals surface area contributed by atoms with Crippen molar-refractivity contribution in [1.82, 2.24) is 0 Å². The first-order valence-corrected chi connectivity index (χ1v) is 8.90. The first kappa shape index (κ1) is 16.8. The molecule has 0 fully saturated rings. The molecule has 2 heterocycles. The second kappa shape index (κ2) is 6.94. The van der Waals surface area contributed by atoms with E-state index >= 15 is 0 Å².